The highest BCUT2D eigenvalue weighted by Gasteiger charge is 2.34. The lowest BCUT2D eigenvalue weighted by Gasteiger charge is -2.22. The Morgan fingerprint density at radius 1 is 1.43 bits per heavy atom. The molecule has 1 aliphatic heterocycles. The van der Waals surface area contributed by atoms with Crippen LogP contribution in [-0.4, -0.2) is 40.1 Å². The van der Waals surface area contributed by atoms with E-state index >= 15 is 0 Å². The number of fused-ring (bicyclic) bond motifs is 1. The highest BCUT2D eigenvalue weighted by molar-refractivity contribution is 6.07. The standard InChI is InChI=1S/C20H24N4O3.ClH/c1-3-5-15-18-14(20(25)24-11-13(10-21)8-12(24)2)9-16(17-6-4-7-26-17)22-19(18)27-23-15;/h4,6-7,9,12-13H,3,5,8,10-11,21H2,1-2H3;1H. The molecule has 7 nitrogen and oxygen atoms in total. The number of halogens is 1. The summed E-state index contributed by atoms with van der Waals surface area (Å²) in [4.78, 5) is 19.9. The zero-order chi connectivity index (χ0) is 19.0. The Kier molecular flexibility index (Phi) is 6.05. The monoisotopic (exact) mass is 404 g/mol. The summed E-state index contributed by atoms with van der Waals surface area (Å²) in [5, 5.41) is 4.88. The van der Waals surface area contributed by atoms with Crippen LogP contribution in [0.25, 0.3) is 22.6 Å². The average molecular weight is 405 g/mol. The molecule has 3 aromatic rings. The average Bonchev–Trinajstić information content (AvgIpc) is 3.40. The molecule has 0 aliphatic carbocycles. The maximum atomic E-state index is 13.5. The van der Waals surface area contributed by atoms with E-state index in [-0.39, 0.29) is 24.4 Å². The number of hydrogen-bond acceptors (Lipinski definition) is 6. The molecule has 0 bridgehead atoms. The second kappa shape index (κ2) is 8.32. The highest BCUT2D eigenvalue weighted by Crippen LogP contribution is 2.31. The number of amides is 1. The number of hydrogen-bond donors (Lipinski definition) is 1. The van der Waals surface area contributed by atoms with Crippen LogP contribution >= 0.6 is 12.4 Å². The molecular weight excluding hydrogens is 380 g/mol. The molecular formula is C20H25ClN4O3. The maximum absolute atomic E-state index is 13.5. The summed E-state index contributed by atoms with van der Waals surface area (Å²) in [6.07, 6.45) is 4.15. The van der Waals surface area contributed by atoms with Crippen molar-refractivity contribution in [2.45, 2.75) is 39.2 Å². The summed E-state index contributed by atoms with van der Waals surface area (Å²) >= 11 is 0. The van der Waals surface area contributed by atoms with Gasteiger partial charge in [0.15, 0.2) is 5.76 Å². The molecule has 2 atom stereocenters. The lowest BCUT2D eigenvalue weighted by Crippen LogP contribution is -2.34. The highest BCUT2D eigenvalue weighted by atomic mass is 35.5. The van der Waals surface area contributed by atoms with Crippen molar-refractivity contribution in [3.05, 3.63) is 35.7 Å². The van der Waals surface area contributed by atoms with Crippen molar-refractivity contribution in [3.8, 4) is 11.5 Å². The number of aryl methyl sites for hydroxylation is 1. The molecule has 8 heteroatoms. The normalized spacial score (nSPS) is 19.2. The number of likely N-dealkylation sites (tertiary alicyclic amines) is 1. The minimum absolute atomic E-state index is 0. The van der Waals surface area contributed by atoms with Gasteiger partial charge in [0.25, 0.3) is 11.6 Å². The molecule has 0 aromatic carbocycles. The van der Waals surface area contributed by atoms with Crippen molar-refractivity contribution in [3.63, 3.8) is 0 Å². The zero-order valence-electron chi connectivity index (χ0n) is 16.1. The number of carbonyl (C=O) groups excluding carboxylic acids is 1. The molecule has 28 heavy (non-hydrogen) atoms. The molecule has 2 N–H and O–H groups in total. The molecule has 1 aliphatic rings. The molecule has 0 saturated carbocycles. The third-order valence-electron chi connectivity index (χ3n) is 5.26. The molecule has 1 fully saturated rings. The Hall–Kier alpha value is -2.38. The number of furan rings is 1. The largest absolute Gasteiger partial charge is 0.463 e. The number of aromatic nitrogens is 2. The minimum Gasteiger partial charge on any atom is -0.463 e. The van der Waals surface area contributed by atoms with Crippen molar-refractivity contribution >= 4 is 29.4 Å². The van der Waals surface area contributed by atoms with Crippen LogP contribution < -0.4 is 5.73 Å². The Balaban J connectivity index is 0.00000225. The molecule has 3 aromatic heterocycles. The van der Waals surface area contributed by atoms with Crippen LogP contribution in [-0.2, 0) is 6.42 Å². The van der Waals surface area contributed by atoms with Crippen molar-refractivity contribution in [1.82, 2.24) is 15.0 Å². The van der Waals surface area contributed by atoms with E-state index in [1.54, 1.807) is 18.4 Å². The second-order valence-electron chi connectivity index (χ2n) is 7.24. The lowest BCUT2D eigenvalue weighted by atomic mass is 10.0. The van der Waals surface area contributed by atoms with Gasteiger partial charge in [0.05, 0.1) is 22.9 Å². The summed E-state index contributed by atoms with van der Waals surface area (Å²) < 4.78 is 10.9. The molecule has 0 spiro atoms. The number of nitrogens with zero attached hydrogens (tertiary/aromatic N) is 3. The van der Waals surface area contributed by atoms with Gasteiger partial charge in [-0.3, -0.25) is 4.79 Å². The van der Waals surface area contributed by atoms with Crippen LogP contribution in [0.3, 0.4) is 0 Å². The van der Waals surface area contributed by atoms with E-state index in [0.29, 0.717) is 47.1 Å². The lowest BCUT2D eigenvalue weighted by molar-refractivity contribution is 0.0745. The maximum Gasteiger partial charge on any atom is 0.259 e. The van der Waals surface area contributed by atoms with Crippen LogP contribution in [0.5, 0.6) is 0 Å². The van der Waals surface area contributed by atoms with E-state index in [0.717, 1.165) is 25.0 Å². The Morgan fingerprint density at radius 2 is 2.25 bits per heavy atom. The van der Waals surface area contributed by atoms with E-state index in [9.17, 15) is 4.79 Å². The van der Waals surface area contributed by atoms with Gasteiger partial charge in [-0.15, -0.1) is 12.4 Å². The predicted octanol–water partition coefficient (Wildman–Crippen LogP) is 3.67. The summed E-state index contributed by atoms with van der Waals surface area (Å²) in [6.45, 7) is 5.40. The fraction of sp³-hybridized carbons (Fsp3) is 0.450. The van der Waals surface area contributed by atoms with E-state index in [4.69, 9.17) is 14.7 Å². The van der Waals surface area contributed by atoms with E-state index in [1.165, 1.54) is 0 Å². The Morgan fingerprint density at radius 3 is 2.89 bits per heavy atom. The molecule has 0 radical (unpaired) electrons. The van der Waals surface area contributed by atoms with Crippen LogP contribution in [0.4, 0.5) is 0 Å². The van der Waals surface area contributed by atoms with Gasteiger partial charge in [0.2, 0.25) is 0 Å². The summed E-state index contributed by atoms with van der Waals surface area (Å²) in [6, 6.07) is 5.55. The van der Waals surface area contributed by atoms with Gasteiger partial charge < -0.3 is 19.6 Å². The zero-order valence-corrected chi connectivity index (χ0v) is 16.9. The summed E-state index contributed by atoms with van der Waals surface area (Å²) in [5.41, 5.74) is 8.12. The molecule has 2 unspecified atom stereocenters. The van der Waals surface area contributed by atoms with Crippen molar-refractivity contribution < 1.29 is 13.7 Å². The SMILES string of the molecule is CCCc1noc2nc(-c3ccco3)cc(C(=O)N3CC(CN)CC3C)c12.Cl. The fourth-order valence-electron chi connectivity index (χ4n) is 3.89. The van der Waals surface area contributed by atoms with Gasteiger partial charge in [-0.25, -0.2) is 4.98 Å². The molecule has 1 amide bonds. The van der Waals surface area contributed by atoms with Gasteiger partial charge >= 0.3 is 0 Å². The van der Waals surface area contributed by atoms with Crippen LogP contribution in [0.1, 0.15) is 42.7 Å². The van der Waals surface area contributed by atoms with Gasteiger partial charge in [0.1, 0.15) is 5.69 Å². The van der Waals surface area contributed by atoms with Crippen LogP contribution in [0.2, 0.25) is 0 Å². The molecule has 4 rings (SSSR count). The predicted molar refractivity (Wildman–Crippen MR) is 108 cm³/mol. The number of pyridine rings is 1. The third kappa shape index (κ3) is 3.52. The quantitative estimate of drug-likeness (QED) is 0.696. The van der Waals surface area contributed by atoms with Crippen molar-refractivity contribution in [2.75, 3.05) is 13.1 Å². The summed E-state index contributed by atoms with van der Waals surface area (Å²) in [7, 11) is 0. The minimum atomic E-state index is -0.0285. The van der Waals surface area contributed by atoms with Gasteiger partial charge in [-0.2, -0.15) is 0 Å². The van der Waals surface area contributed by atoms with Crippen molar-refractivity contribution in [1.29, 1.82) is 0 Å². The topological polar surface area (TPSA) is 98.4 Å². The smallest absolute Gasteiger partial charge is 0.259 e. The third-order valence-corrected chi connectivity index (χ3v) is 5.26. The first-order chi connectivity index (χ1) is 13.1. The number of rotatable bonds is 5. The van der Waals surface area contributed by atoms with Gasteiger partial charge in [-0.05, 0) is 50.4 Å². The van der Waals surface area contributed by atoms with Crippen LogP contribution in [0.15, 0.2) is 33.4 Å². The van der Waals surface area contributed by atoms with Gasteiger partial charge in [-0.1, -0.05) is 18.5 Å². The van der Waals surface area contributed by atoms with Crippen LogP contribution in [0, 0.1) is 5.92 Å². The van der Waals surface area contributed by atoms with Gasteiger partial charge in [0, 0.05) is 12.6 Å². The first kappa shape index (κ1) is 20.4. The van der Waals surface area contributed by atoms with E-state index in [1.807, 2.05) is 11.0 Å². The molecule has 150 valence electrons. The van der Waals surface area contributed by atoms with E-state index in [2.05, 4.69) is 24.0 Å². The number of nitrogens with two attached hydrogens (primary N) is 1. The summed E-state index contributed by atoms with van der Waals surface area (Å²) in [5.74, 6) is 0.899. The van der Waals surface area contributed by atoms with E-state index < -0.39 is 0 Å². The molecule has 1 saturated heterocycles. The number of carbonyl (C=O) groups is 1. The van der Waals surface area contributed by atoms with Crippen molar-refractivity contribution in [2.24, 2.45) is 11.7 Å². The molecule has 4 heterocycles. The first-order valence-electron chi connectivity index (χ1n) is 9.46. The second-order valence-corrected chi connectivity index (χ2v) is 7.24. The Labute approximate surface area is 169 Å². The Bertz CT molecular complexity index is 954. The first-order valence-corrected chi connectivity index (χ1v) is 9.46. The fourth-order valence-corrected chi connectivity index (χ4v) is 3.89.